The third kappa shape index (κ3) is 2.36. The fraction of sp³-hybridized carbons (Fsp3) is 0.0909. The largest absolute Gasteiger partial charge is 0.360 e. The highest BCUT2D eigenvalue weighted by Crippen LogP contribution is 2.21. The number of nitrogen functional groups attached to an aromatic ring is 1. The summed E-state index contributed by atoms with van der Waals surface area (Å²) in [6.07, 6.45) is 1.88. The number of aromatic nitrogens is 4. The molecule has 0 saturated carbocycles. The number of pyridine rings is 1. The topological polar surface area (TPSA) is 111 Å². The Morgan fingerprint density at radius 3 is 3.20 bits per heavy atom. The fourth-order valence-corrected chi connectivity index (χ4v) is 2.41. The summed E-state index contributed by atoms with van der Waals surface area (Å²) in [7, 11) is 0. The molecule has 3 heterocycles. The minimum atomic E-state index is -0.488. The minimum Gasteiger partial charge on any atom is -0.360 e. The average Bonchev–Trinajstić information content (AvgIpc) is 3.11. The minimum absolute atomic E-state index is 0.147. The molecule has 0 aliphatic heterocycles. The first-order valence-corrected chi connectivity index (χ1v) is 6.65. The predicted octanol–water partition coefficient (Wildman–Crippen LogP) is 0.613. The van der Waals surface area contributed by atoms with Crippen molar-refractivity contribution in [2.75, 3.05) is 0 Å². The van der Waals surface area contributed by atoms with Crippen molar-refractivity contribution in [3.63, 3.8) is 0 Å². The summed E-state index contributed by atoms with van der Waals surface area (Å²) in [5.74, 6) is 5.57. The maximum absolute atomic E-state index is 11.2. The van der Waals surface area contributed by atoms with Crippen molar-refractivity contribution in [1.29, 1.82) is 0 Å². The summed E-state index contributed by atoms with van der Waals surface area (Å²) >= 11 is 1.43. The molecule has 0 aliphatic rings. The van der Waals surface area contributed by atoms with Crippen LogP contribution in [0.3, 0.4) is 0 Å². The maximum Gasteiger partial charge on any atom is 0.287 e. The SMILES string of the molecule is NNC(=O)c1cc(CSc2nnc3ccccn23)on1. The Balaban J connectivity index is 1.73. The van der Waals surface area contributed by atoms with Crippen LogP contribution in [0.2, 0.25) is 0 Å². The number of hydrogen-bond acceptors (Lipinski definition) is 7. The predicted molar refractivity (Wildman–Crippen MR) is 70.7 cm³/mol. The molecule has 0 saturated heterocycles. The van der Waals surface area contributed by atoms with E-state index < -0.39 is 5.91 Å². The smallest absolute Gasteiger partial charge is 0.287 e. The third-order valence-corrected chi connectivity index (χ3v) is 3.51. The molecule has 9 heteroatoms. The molecular weight excluding hydrogens is 280 g/mol. The summed E-state index contributed by atoms with van der Waals surface area (Å²) in [5.41, 5.74) is 2.92. The Hall–Kier alpha value is -2.39. The van der Waals surface area contributed by atoms with E-state index in [1.807, 2.05) is 34.2 Å². The molecule has 0 atom stereocenters. The molecule has 0 aromatic carbocycles. The monoisotopic (exact) mass is 290 g/mol. The molecule has 3 aromatic rings. The number of hydrazine groups is 1. The number of amides is 1. The first kappa shape index (κ1) is 12.6. The van der Waals surface area contributed by atoms with E-state index in [2.05, 4.69) is 15.4 Å². The zero-order chi connectivity index (χ0) is 13.9. The van der Waals surface area contributed by atoms with E-state index in [0.717, 1.165) is 10.8 Å². The van der Waals surface area contributed by atoms with Gasteiger partial charge in [-0.3, -0.25) is 14.6 Å². The van der Waals surface area contributed by atoms with Gasteiger partial charge in [0.1, 0.15) is 5.76 Å². The molecule has 0 fully saturated rings. The van der Waals surface area contributed by atoms with E-state index in [4.69, 9.17) is 10.4 Å². The van der Waals surface area contributed by atoms with Gasteiger partial charge in [-0.25, -0.2) is 5.84 Å². The number of carbonyl (C=O) groups excluding carboxylic acids is 1. The molecule has 3 N–H and O–H groups in total. The number of hydrogen-bond donors (Lipinski definition) is 2. The van der Waals surface area contributed by atoms with Crippen molar-refractivity contribution in [3.8, 4) is 0 Å². The number of carbonyl (C=O) groups is 1. The second kappa shape index (κ2) is 5.31. The highest BCUT2D eigenvalue weighted by molar-refractivity contribution is 7.98. The number of thioether (sulfide) groups is 1. The van der Waals surface area contributed by atoms with Crippen molar-refractivity contribution in [2.24, 2.45) is 5.84 Å². The lowest BCUT2D eigenvalue weighted by Crippen LogP contribution is -2.30. The highest BCUT2D eigenvalue weighted by atomic mass is 32.2. The van der Waals surface area contributed by atoms with Gasteiger partial charge in [-0.1, -0.05) is 23.0 Å². The number of nitrogens with two attached hydrogens (primary N) is 1. The van der Waals surface area contributed by atoms with Gasteiger partial charge >= 0.3 is 0 Å². The van der Waals surface area contributed by atoms with Crippen LogP contribution in [-0.4, -0.2) is 25.7 Å². The summed E-state index contributed by atoms with van der Waals surface area (Å²) in [5, 5.41) is 12.5. The Morgan fingerprint density at radius 2 is 2.35 bits per heavy atom. The highest BCUT2D eigenvalue weighted by Gasteiger charge is 2.12. The van der Waals surface area contributed by atoms with Gasteiger partial charge in [0.15, 0.2) is 16.5 Å². The summed E-state index contributed by atoms with van der Waals surface area (Å²) in [6, 6.07) is 7.21. The van der Waals surface area contributed by atoms with Crippen molar-refractivity contribution in [1.82, 2.24) is 25.2 Å². The van der Waals surface area contributed by atoms with Crippen LogP contribution in [0.25, 0.3) is 5.65 Å². The molecule has 0 spiro atoms. The van der Waals surface area contributed by atoms with Crippen LogP contribution in [-0.2, 0) is 5.75 Å². The van der Waals surface area contributed by atoms with Crippen LogP contribution in [0.5, 0.6) is 0 Å². The van der Waals surface area contributed by atoms with E-state index in [1.165, 1.54) is 11.8 Å². The zero-order valence-corrected chi connectivity index (χ0v) is 11.0. The van der Waals surface area contributed by atoms with Gasteiger partial charge in [-0.05, 0) is 12.1 Å². The fourth-order valence-electron chi connectivity index (χ4n) is 1.62. The van der Waals surface area contributed by atoms with Crippen molar-refractivity contribution < 1.29 is 9.32 Å². The zero-order valence-electron chi connectivity index (χ0n) is 10.2. The second-order valence-electron chi connectivity index (χ2n) is 3.85. The molecule has 1 amide bonds. The Bertz CT molecular complexity index is 752. The molecule has 102 valence electrons. The van der Waals surface area contributed by atoms with Gasteiger partial charge < -0.3 is 4.52 Å². The van der Waals surface area contributed by atoms with Gasteiger partial charge in [0, 0.05) is 12.3 Å². The Labute approximate surface area is 117 Å². The van der Waals surface area contributed by atoms with E-state index in [0.29, 0.717) is 11.5 Å². The molecule has 3 rings (SSSR count). The standard InChI is InChI=1S/C11H10N6O2S/c12-13-10(18)8-5-7(19-16-8)6-20-11-15-14-9-3-1-2-4-17(9)11/h1-5H,6,12H2,(H,13,18). The Kier molecular flexibility index (Phi) is 3.35. The molecule has 8 nitrogen and oxygen atoms in total. The molecule has 20 heavy (non-hydrogen) atoms. The number of rotatable bonds is 4. The van der Waals surface area contributed by atoms with Crippen LogP contribution in [0.1, 0.15) is 16.2 Å². The van der Waals surface area contributed by atoms with E-state index in [9.17, 15) is 4.79 Å². The number of nitrogens with zero attached hydrogens (tertiary/aromatic N) is 4. The van der Waals surface area contributed by atoms with Crippen LogP contribution >= 0.6 is 11.8 Å². The quantitative estimate of drug-likeness (QED) is 0.313. The van der Waals surface area contributed by atoms with Crippen LogP contribution < -0.4 is 11.3 Å². The van der Waals surface area contributed by atoms with E-state index in [1.54, 1.807) is 6.07 Å². The van der Waals surface area contributed by atoms with Crippen molar-refractivity contribution in [2.45, 2.75) is 10.9 Å². The molecule has 3 aromatic heterocycles. The van der Waals surface area contributed by atoms with Gasteiger partial charge in [0.25, 0.3) is 5.91 Å². The first-order valence-electron chi connectivity index (χ1n) is 5.67. The third-order valence-electron chi connectivity index (χ3n) is 2.55. The van der Waals surface area contributed by atoms with E-state index >= 15 is 0 Å². The lowest BCUT2D eigenvalue weighted by atomic mass is 10.4. The lowest BCUT2D eigenvalue weighted by Gasteiger charge is -1.96. The lowest BCUT2D eigenvalue weighted by molar-refractivity contribution is 0.0944. The summed E-state index contributed by atoms with van der Waals surface area (Å²) in [6.45, 7) is 0. The van der Waals surface area contributed by atoms with Crippen LogP contribution in [0.15, 0.2) is 40.1 Å². The van der Waals surface area contributed by atoms with E-state index in [-0.39, 0.29) is 5.69 Å². The van der Waals surface area contributed by atoms with Gasteiger partial charge in [-0.15, -0.1) is 10.2 Å². The maximum atomic E-state index is 11.2. The first-order chi connectivity index (χ1) is 9.78. The summed E-state index contributed by atoms with van der Waals surface area (Å²) < 4.78 is 6.92. The number of nitrogens with one attached hydrogen (secondary N) is 1. The van der Waals surface area contributed by atoms with Gasteiger partial charge in [0.05, 0.1) is 5.75 Å². The number of fused-ring (bicyclic) bond motifs is 1. The molecule has 0 radical (unpaired) electrons. The molecule has 0 unspecified atom stereocenters. The average molecular weight is 290 g/mol. The van der Waals surface area contributed by atoms with Crippen molar-refractivity contribution >= 4 is 23.3 Å². The van der Waals surface area contributed by atoms with Crippen LogP contribution in [0, 0.1) is 0 Å². The summed E-state index contributed by atoms with van der Waals surface area (Å²) in [4.78, 5) is 11.2. The van der Waals surface area contributed by atoms with Gasteiger partial charge in [0.2, 0.25) is 0 Å². The Morgan fingerprint density at radius 1 is 1.45 bits per heavy atom. The van der Waals surface area contributed by atoms with Gasteiger partial charge in [-0.2, -0.15) is 0 Å². The normalized spacial score (nSPS) is 10.8. The van der Waals surface area contributed by atoms with Crippen LogP contribution in [0.4, 0.5) is 0 Å². The van der Waals surface area contributed by atoms with Crippen molar-refractivity contribution in [3.05, 3.63) is 41.9 Å². The molecule has 0 bridgehead atoms. The molecule has 0 aliphatic carbocycles. The second-order valence-corrected chi connectivity index (χ2v) is 4.79. The molecular formula is C11H10N6O2S.